The molecule has 0 unspecified atom stereocenters. The molecule has 94 valence electrons. The number of morpholine rings is 1. The fourth-order valence-electron chi connectivity index (χ4n) is 2.37. The van der Waals surface area contributed by atoms with Crippen molar-refractivity contribution in [1.29, 1.82) is 0 Å². The molecule has 0 spiro atoms. The van der Waals surface area contributed by atoms with Crippen LogP contribution in [0.3, 0.4) is 0 Å². The van der Waals surface area contributed by atoms with Crippen LogP contribution in [0, 0.1) is 0 Å². The summed E-state index contributed by atoms with van der Waals surface area (Å²) >= 11 is 0. The molecule has 4 heteroatoms. The third-order valence-corrected chi connectivity index (χ3v) is 3.22. The molecule has 0 bridgehead atoms. The van der Waals surface area contributed by atoms with Gasteiger partial charge in [0.05, 0.1) is 18.9 Å². The molecule has 1 saturated heterocycles. The summed E-state index contributed by atoms with van der Waals surface area (Å²) in [4.78, 5) is 13.9. The van der Waals surface area contributed by atoms with Gasteiger partial charge in [-0.05, 0) is 12.1 Å². The third kappa shape index (κ3) is 1.78. The average molecular weight is 245 g/mol. The zero-order chi connectivity index (χ0) is 12.5. The second kappa shape index (κ2) is 4.46. The van der Waals surface area contributed by atoms with Crippen molar-refractivity contribution in [3.63, 3.8) is 0 Å². The number of rotatable bonds is 2. The highest BCUT2D eigenvalue weighted by molar-refractivity contribution is 6.06. The second-order valence-corrected chi connectivity index (χ2v) is 4.43. The summed E-state index contributed by atoms with van der Waals surface area (Å²) in [6.45, 7) is 4.52. The van der Waals surface area contributed by atoms with Gasteiger partial charge in [-0.1, -0.05) is 12.1 Å². The van der Waals surface area contributed by atoms with Crippen LogP contribution in [0.25, 0.3) is 11.0 Å². The highest BCUT2D eigenvalue weighted by atomic mass is 16.5. The fourth-order valence-corrected chi connectivity index (χ4v) is 2.37. The Balaban J connectivity index is 2.17. The lowest BCUT2D eigenvalue weighted by Gasteiger charge is -2.28. The molecule has 1 aromatic heterocycles. The molecule has 2 aromatic rings. The number of anilines is 1. The molecule has 1 aliphatic rings. The summed E-state index contributed by atoms with van der Waals surface area (Å²) in [7, 11) is 0. The van der Waals surface area contributed by atoms with Gasteiger partial charge in [-0.15, -0.1) is 0 Å². The summed E-state index contributed by atoms with van der Waals surface area (Å²) < 4.78 is 11.0. The van der Waals surface area contributed by atoms with Crippen LogP contribution in [-0.4, -0.2) is 32.1 Å². The van der Waals surface area contributed by atoms with Crippen LogP contribution in [0.2, 0.25) is 0 Å². The summed E-state index contributed by atoms with van der Waals surface area (Å²) in [6.07, 6.45) is 0. The van der Waals surface area contributed by atoms with Crippen LogP contribution in [0.15, 0.2) is 28.7 Å². The molecule has 2 heterocycles. The largest absolute Gasteiger partial charge is 0.451 e. The van der Waals surface area contributed by atoms with Crippen molar-refractivity contribution in [2.75, 3.05) is 31.2 Å². The minimum Gasteiger partial charge on any atom is -0.451 e. The Morgan fingerprint density at radius 3 is 2.67 bits per heavy atom. The van der Waals surface area contributed by atoms with E-state index in [4.69, 9.17) is 9.15 Å². The van der Waals surface area contributed by atoms with E-state index in [1.807, 2.05) is 24.3 Å². The van der Waals surface area contributed by atoms with Crippen LogP contribution >= 0.6 is 0 Å². The van der Waals surface area contributed by atoms with Crippen LogP contribution in [0.4, 0.5) is 5.69 Å². The van der Waals surface area contributed by atoms with Crippen molar-refractivity contribution in [1.82, 2.24) is 0 Å². The van der Waals surface area contributed by atoms with Crippen molar-refractivity contribution in [3.8, 4) is 0 Å². The van der Waals surface area contributed by atoms with Gasteiger partial charge >= 0.3 is 0 Å². The highest BCUT2D eigenvalue weighted by Crippen LogP contribution is 2.34. The van der Waals surface area contributed by atoms with Gasteiger partial charge in [0.15, 0.2) is 11.5 Å². The van der Waals surface area contributed by atoms with Gasteiger partial charge in [-0.3, -0.25) is 4.79 Å². The molecule has 18 heavy (non-hydrogen) atoms. The lowest BCUT2D eigenvalue weighted by atomic mass is 10.1. The maximum atomic E-state index is 11.7. The SMILES string of the molecule is CC(=O)c1oc2ccccc2c1N1CCOCC1. The molecule has 0 amide bonds. The Labute approximate surface area is 105 Å². The normalized spacial score (nSPS) is 16.2. The van der Waals surface area contributed by atoms with Crippen molar-refractivity contribution in [3.05, 3.63) is 30.0 Å². The first-order valence-electron chi connectivity index (χ1n) is 6.12. The number of hydrogen-bond acceptors (Lipinski definition) is 4. The number of ketones is 1. The van der Waals surface area contributed by atoms with Gasteiger partial charge < -0.3 is 14.1 Å². The van der Waals surface area contributed by atoms with E-state index in [0.29, 0.717) is 19.0 Å². The number of ether oxygens (including phenoxy) is 1. The number of hydrogen-bond donors (Lipinski definition) is 0. The molecule has 0 N–H and O–H groups in total. The van der Waals surface area contributed by atoms with E-state index < -0.39 is 0 Å². The van der Waals surface area contributed by atoms with Crippen LogP contribution < -0.4 is 4.90 Å². The maximum Gasteiger partial charge on any atom is 0.197 e. The molecule has 0 saturated carbocycles. The van der Waals surface area contributed by atoms with Gasteiger partial charge in [0.2, 0.25) is 0 Å². The van der Waals surface area contributed by atoms with E-state index in [9.17, 15) is 4.79 Å². The van der Waals surface area contributed by atoms with Crippen LogP contribution in [0.1, 0.15) is 17.5 Å². The number of Topliss-reactive ketones (excluding diaryl/α,β-unsaturated/α-hetero) is 1. The van der Waals surface area contributed by atoms with E-state index in [1.165, 1.54) is 0 Å². The van der Waals surface area contributed by atoms with Gasteiger partial charge in [0.25, 0.3) is 0 Å². The number of carbonyl (C=O) groups excluding carboxylic acids is 1. The fraction of sp³-hybridized carbons (Fsp3) is 0.357. The Morgan fingerprint density at radius 2 is 1.94 bits per heavy atom. The molecule has 1 aromatic carbocycles. The van der Waals surface area contributed by atoms with Crippen molar-refractivity contribution < 1.29 is 13.9 Å². The molecule has 0 radical (unpaired) electrons. The minimum absolute atomic E-state index is 0.0345. The summed E-state index contributed by atoms with van der Waals surface area (Å²) in [5, 5.41) is 1.00. The van der Waals surface area contributed by atoms with E-state index in [1.54, 1.807) is 6.92 Å². The third-order valence-electron chi connectivity index (χ3n) is 3.22. The molecule has 0 aliphatic carbocycles. The smallest absolute Gasteiger partial charge is 0.197 e. The zero-order valence-corrected chi connectivity index (χ0v) is 10.3. The number of fused-ring (bicyclic) bond motifs is 1. The molecule has 3 rings (SSSR count). The van der Waals surface area contributed by atoms with Gasteiger partial charge in [0, 0.05) is 25.4 Å². The lowest BCUT2D eigenvalue weighted by molar-refractivity contribution is 0.0987. The number of carbonyl (C=O) groups is 1. The van der Waals surface area contributed by atoms with E-state index in [2.05, 4.69) is 4.90 Å². The van der Waals surface area contributed by atoms with E-state index in [-0.39, 0.29) is 5.78 Å². The number of para-hydroxylation sites is 1. The number of furan rings is 1. The lowest BCUT2D eigenvalue weighted by Crippen LogP contribution is -2.36. The van der Waals surface area contributed by atoms with Gasteiger partial charge in [-0.25, -0.2) is 0 Å². The quantitative estimate of drug-likeness (QED) is 0.762. The van der Waals surface area contributed by atoms with Crippen molar-refractivity contribution >= 4 is 22.4 Å². The van der Waals surface area contributed by atoms with Crippen molar-refractivity contribution in [2.45, 2.75) is 6.92 Å². The molecular formula is C14H15NO3. The molecule has 4 nitrogen and oxygen atoms in total. The second-order valence-electron chi connectivity index (χ2n) is 4.43. The highest BCUT2D eigenvalue weighted by Gasteiger charge is 2.23. The standard InChI is InChI=1S/C14H15NO3/c1-10(16)14-13(15-6-8-17-9-7-15)11-4-2-3-5-12(11)18-14/h2-5H,6-9H2,1H3. The Bertz CT molecular complexity index is 582. The van der Waals surface area contributed by atoms with Crippen LogP contribution in [-0.2, 0) is 4.74 Å². The van der Waals surface area contributed by atoms with Crippen LogP contribution in [0.5, 0.6) is 0 Å². The van der Waals surface area contributed by atoms with Gasteiger partial charge in [0.1, 0.15) is 5.58 Å². The molecule has 0 atom stereocenters. The Hall–Kier alpha value is -1.81. The first kappa shape index (κ1) is 11.3. The molecular weight excluding hydrogens is 230 g/mol. The monoisotopic (exact) mass is 245 g/mol. The predicted octanol–water partition coefficient (Wildman–Crippen LogP) is 2.47. The Kier molecular flexibility index (Phi) is 2.80. The van der Waals surface area contributed by atoms with E-state index >= 15 is 0 Å². The Morgan fingerprint density at radius 1 is 1.22 bits per heavy atom. The van der Waals surface area contributed by atoms with E-state index in [0.717, 1.165) is 29.7 Å². The average Bonchev–Trinajstić information content (AvgIpc) is 2.79. The minimum atomic E-state index is -0.0345. The number of benzene rings is 1. The zero-order valence-electron chi connectivity index (χ0n) is 10.3. The summed E-state index contributed by atoms with van der Waals surface area (Å²) in [5.74, 6) is 0.422. The molecule has 1 aliphatic heterocycles. The number of nitrogens with zero attached hydrogens (tertiary/aromatic N) is 1. The predicted molar refractivity (Wildman–Crippen MR) is 69.3 cm³/mol. The summed E-state index contributed by atoms with van der Waals surface area (Å²) in [5.41, 5.74) is 1.69. The topological polar surface area (TPSA) is 42.7 Å². The van der Waals surface area contributed by atoms with Crippen molar-refractivity contribution in [2.24, 2.45) is 0 Å². The van der Waals surface area contributed by atoms with Gasteiger partial charge in [-0.2, -0.15) is 0 Å². The first-order chi connectivity index (χ1) is 8.77. The summed E-state index contributed by atoms with van der Waals surface area (Å²) in [6, 6.07) is 7.77. The maximum absolute atomic E-state index is 11.7. The molecule has 1 fully saturated rings. The first-order valence-corrected chi connectivity index (χ1v) is 6.12.